The van der Waals surface area contributed by atoms with Crippen LogP contribution >= 0.6 is 11.8 Å². The summed E-state index contributed by atoms with van der Waals surface area (Å²) in [6.07, 6.45) is 0.589. The van der Waals surface area contributed by atoms with Crippen LogP contribution in [0.5, 0.6) is 0 Å². The zero-order chi connectivity index (χ0) is 21.1. The van der Waals surface area contributed by atoms with Gasteiger partial charge in [-0.25, -0.2) is 0 Å². The summed E-state index contributed by atoms with van der Waals surface area (Å²) in [4.78, 5) is 27.6. The molecule has 0 radical (unpaired) electrons. The molecule has 0 heterocycles. The van der Waals surface area contributed by atoms with Crippen molar-refractivity contribution in [3.63, 3.8) is 0 Å². The Kier molecular flexibility index (Phi) is 9.78. The molecule has 4 nitrogen and oxygen atoms in total. The Bertz CT molecular complexity index is 750. The third-order valence-electron chi connectivity index (χ3n) is 4.60. The Balaban J connectivity index is 2.07. The van der Waals surface area contributed by atoms with Crippen molar-refractivity contribution in [2.45, 2.75) is 45.5 Å². The molecule has 0 fully saturated rings. The number of thioether (sulfide) groups is 1. The molecule has 0 saturated heterocycles. The Morgan fingerprint density at radius 3 is 2.10 bits per heavy atom. The van der Waals surface area contributed by atoms with Crippen molar-refractivity contribution in [3.8, 4) is 0 Å². The average molecular weight is 413 g/mol. The first-order chi connectivity index (χ1) is 14.0. The van der Waals surface area contributed by atoms with Crippen molar-refractivity contribution >= 4 is 23.6 Å². The second kappa shape index (κ2) is 12.3. The molecular formula is C24H32N2O2S. The summed E-state index contributed by atoms with van der Waals surface area (Å²) in [6, 6.07) is 19.5. The van der Waals surface area contributed by atoms with Crippen LogP contribution in [0, 0.1) is 5.92 Å². The van der Waals surface area contributed by atoms with Crippen LogP contribution in [-0.4, -0.2) is 35.1 Å². The lowest BCUT2D eigenvalue weighted by Crippen LogP contribution is -2.50. The fraction of sp³-hybridized carbons (Fsp3) is 0.417. The van der Waals surface area contributed by atoms with E-state index in [1.807, 2.05) is 55.5 Å². The number of nitrogens with one attached hydrogen (secondary N) is 1. The first kappa shape index (κ1) is 23.0. The number of amides is 2. The highest BCUT2D eigenvalue weighted by Gasteiger charge is 2.28. The largest absolute Gasteiger partial charge is 0.354 e. The van der Waals surface area contributed by atoms with E-state index >= 15 is 0 Å². The third-order valence-corrected chi connectivity index (χ3v) is 5.59. The van der Waals surface area contributed by atoms with Gasteiger partial charge in [0.05, 0.1) is 5.75 Å². The minimum atomic E-state index is -0.459. The van der Waals surface area contributed by atoms with Crippen LogP contribution in [0.4, 0.5) is 0 Å². The second-order valence-electron chi connectivity index (χ2n) is 7.55. The molecule has 0 aliphatic carbocycles. The van der Waals surface area contributed by atoms with E-state index in [0.29, 0.717) is 31.2 Å². The maximum absolute atomic E-state index is 13.1. The van der Waals surface area contributed by atoms with E-state index in [9.17, 15) is 9.59 Å². The smallest absolute Gasteiger partial charge is 0.242 e. The Labute approximate surface area is 179 Å². The lowest BCUT2D eigenvalue weighted by Gasteiger charge is -2.31. The Morgan fingerprint density at radius 1 is 0.966 bits per heavy atom. The molecule has 1 N–H and O–H groups in total. The first-order valence-electron chi connectivity index (χ1n) is 10.2. The molecule has 156 valence electrons. The van der Waals surface area contributed by atoms with Gasteiger partial charge in [-0.1, -0.05) is 81.4 Å². The maximum Gasteiger partial charge on any atom is 0.242 e. The molecule has 0 aliphatic heterocycles. The molecule has 29 heavy (non-hydrogen) atoms. The summed E-state index contributed by atoms with van der Waals surface area (Å²) in [5.41, 5.74) is 2.23. The summed E-state index contributed by atoms with van der Waals surface area (Å²) < 4.78 is 0. The molecular weight excluding hydrogens is 380 g/mol. The van der Waals surface area contributed by atoms with E-state index in [4.69, 9.17) is 0 Å². The van der Waals surface area contributed by atoms with Gasteiger partial charge in [0.1, 0.15) is 6.04 Å². The van der Waals surface area contributed by atoms with Gasteiger partial charge >= 0.3 is 0 Å². The van der Waals surface area contributed by atoms with Crippen LogP contribution in [0.25, 0.3) is 0 Å². The summed E-state index contributed by atoms with van der Waals surface area (Å²) in [5, 5.41) is 3.00. The summed E-state index contributed by atoms with van der Waals surface area (Å²) >= 11 is 1.59. The molecule has 5 heteroatoms. The van der Waals surface area contributed by atoms with Crippen LogP contribution in [0.1, 0.15) is 38.3 Å². The van der Waals surface area contributed by atoms with Gasteiger partial charge in [-0.05, 0) is 23.5 Å². The molecule has 1 atom stereocenters. The monoisotopic (exact) mass is 412 g/mol. The Hall–Kier alpha value is -2.27. The fourth-order valence-corrected chi connectivity index (χ4v) is 3.91. The number of rotatable bonds is 11. The van der Waals surface area contributed by atoms with Crippen molar-refractivity contribution in [1.29, 1.82) is 0 Å². The maximum atomic E-state index is 13.1. The van der Waals surface area contributed by atoms with Crippen molar-refractivity contribution in [3.05, 3.63) is 71.8 Å². The predicted octanol–water partition coefficient (Wildman–Crippen LogP) is 4.50. The quantitative estimate of drug-likeness (QED) is 0.591. The van der Waals surface area contributed by atoms with Crippen LogP contribution in [0.15, 0.2) is 60.7 Å². The highest BCUT2D eigenvalue weighted by molar-refractivity contribution is 7.99. The van der Waals surface area contributed by atoms with Crippen LogP contribution in [0.2, 0.25) is 0 Å². The lowest BCUT2D eigenvalue weighted by atomic mass is 10.1. The molecule has 0 saturated carbocycles. The number of hydrogen-bond acceptors (Lipinski definition) is 3. The SMILES string of the molecule is CC[C@H](C(=O)NCC(C)C)N(Cc1ccccc1)C(=O)CSCc1ccccc1. The van der Waals surface area contributed by atoms with E-state index < -0.39 is 6.04 Å². The fourth-order valence-electron chi connectivity index (χ4n) is 3.04. The van der Waals surface area contributed by atoms with E-state index in [2.05, 4.69) is 31.3 Å². The average Bonchev–Trinajstić information content (AvgIpc) is 2.73. The molecule has 2 aromatic carbocycles. The van der Waals surface area contributed by atoms with E-state index in [-0.39, 0.29) is 11.8 Å². The van der Waals surface area contributed by atoms with E-state index in [1.165, 1.54) is 5.56 Å². The predicted molar refractivity (Wildman–Crippen MR) is 122 cm³/mol. The minimum Gasteiger partial charge on any atom is -0.354 e. The molecule has 0 bridgehead atoms. The topological polar surface area (TPSA) is 49.4 Å². The standard InChI is InChI=1S/C24H32N2O2S/c1-4-22(24(28)25-15-19(2)3)26(16-20-11-7-5-8-12-20)23(27)18-29-17-21-13-9-6-10-14-21/h5-14,19,22H,4,15-18H2,1-3H3,(H,25,28)/t22-/m1/s1. The number of benzene rings is 2. The normalized spacial score (nSPS) is 11.9. The van der Waals surface area contributed by atoms with Gasteiger partial charge < -0.3 is 10.2 Å². The molecule has 0 aromatic heterocycles. The lowest BCUT2D eigenvalue weighted by molar-refractivity contribution is -0.139. The summed E-state index contributed by atoms with van der Waals surface area (Å²) in [7, 11) is 0. The minimum absolute atomic E-state index is 0.00123. The highest BCUT2D eigenvalue weighted by Crippen LogP contribution is 2.17. The van der Waals surface area contributed by atoms with Gasteiger partial charge in [0, 0.05) is 18.8 Å². The van der Waals surface area contributed by atoms with Crippen LogP contribution < -0.4 is 5.32 Å². The van der Waals surface area contributed by atoms with Gasteiger partial charge in [0.15, 0.2) is 0 Å². The van der Waals surface area contributed by atoms with Crippen LogP contribution in [-0.2, 0) is 21.9 Å². The zero-order valence-electron chi connectivity index (χ0n) is 17.6. The third kappa shape index (κ3) is 7.94. The van der Waals surface area contributed by atoms with Gasteiger partial charge in [0.25, 0.3) is 0 Å². The van der Waals surface area contributed by atoms with Crippen LogP contribution in [0.3, 0.4) is 0 Å². The van der Waals surface area contributed by atoms with E-state index in [0.717, 1.165) is 11.3 Å². The Morgan fingerprint density at radius 2 is 1.55 bits per heavy atom. The zero-order valence-corrected chi connectivity index (χ0v) is 18.5. The van der Waals surface area contributed by atoms with Gasteiger partial charge in [-0.15, -0.1) is 11.8 Å². The van der Waals surface area contributed by atoms with Gasteiger partial charge in [-0.2, -0.15) is 0 Å². The summed E-state index contributed by atoms with van der Waals surface area (Å²) in [6.45, 7) is 7.15. The van der Waals surface area contributed by atoms with Crippen molar-refractivity contribution in [1.82, 2.24) is 10.2 Å². The number of carbonyl (C=O) groups is 2. The number of hydrogen-bond donors (Lipinski definition) is 1. The molecule has 2 aromatic rings. The first-order valence-corrected chi connectivity index (χ1v) is 11.4. The molecule has 0 aliphatic rings. The van der Waals surface area contributed by atoms with Crippen molar-refractivity contribution in [2.24, 2.45) is 5.92 Å². The number of carbonyl (C=O) groups excluding carboxylic acids is 2. The van der Waals surface area contributed by atoms with Gasteiger partial charge in [-0.3, -0.25) is 9.59 Å². The van der Waals surface area contributed by atoms with Gasteiger partial charge in [0.2, 0.25) is 11.8 Å². The molecule has 2 rings (SSSR count). The molecule has 0 spiro atoms. The van der Waals surface area contributed by atoms with E-state index in [1.54, 1.807) is 16.7 Å². The number of nitrogens with zero attached hydrogens (tertiary/aromatic N) is 1. The van der Waals surface area contributed by atoms with Crippen molar-refractivity contribution < 1.29 is 9.59 Å². The molecule has 0 unspecified atom stereocenters. The summed E-state index contributed by atoms with van der Waals surface area (Å²) in [5.74, 6) is 1.44. The highest BCUT2D eigenvalue weighted by atomic mass is 32.2. The molecule has 2 amide bonds. The second-order valence-corrected chi connectivity index (χ2v) is 8.53. The van der Waals surface area contributed by atoms with Crippen molar-refractivity contribution in [2.75, 3.05) is 12.3 Å².